The Kier molecular flexibility index (Phi) is 6.57. The Morgan fingerprint density at radius 3 is 2.57 bits per heavy atom. The van der Waals surface area contributed by atoms with E-state index < -0.39 is 0 Å². The lowest BCUT2D eigenvalue weighted by Gasteiger charge is -2.09. The van der Waals surface area contributed by atoms with Gasteiger partial charge in [0, 0.05) is 12.2 Å². The molecule has 0 aliphatic carbocycles. The van der Waals surface area contributed by atoms with E-state index >= 15 is 0 Å². The number of benzene rings is 1. The van der Waals surface area contributed by atoms with Crippen LogP contribution in [0.2, 0.25) is 0 Å². The van der Waals surface area contributed by atoms with Gasteiger partial charge in [0.1, 0.15) is 5.76 Å². The first kappa shape index (κ1) is 20.2. The second-order valence-corrected chi connectivity index (χ2v) is 7.90. The summed E-state index contributed by atoms with van der Waals surface area (Å²) in [6, 6.07) is 9.87. The summed E-state index contributed by atoms with van der Waals surface area (Å²) in [5.74, 6) is 2.27. The summed E-state index contributed by atoms with van der Waals surface area (Å²) in [6.45, 7) is 9.10. The SMILES string of the molecule is CCCn1c(SCC(=O)Nc2ccc(C(C)C)cc2)nnc1-c1ccoc1C. The molecule has 0 aliphatic heterocycles. The zero-order valence-electron chi connectivity index (χ0n) is 16.7. The highest BCUT2D eigenvalue weighted by atomic mass is 32.2. The molecule has 0 atom stereocenters. The number of aryl methyl sites for hydroxylation is 1. The van der Waals surface area contributed by atoms with Gasteiger partial charge >= 0.3 is 0 Å². The Labute approximate surface area is 169 Å². The average molecular weight is 399 g/mol. The minimum Gasteiger partial charge on any atom is -0.469 e. The number of aromatic nitrogens is 3. The summed E-state index contributed by atoms with van der Waals surface area (Å²) in [7, 11) is 0. The van der Waals surface area contributed by atoms with E-state index in [1.54, 1.807) is 6.26 Å². The molecule has 148 valence electrons. The van der Waals surface area contributed by atoms with Crippen LogP contribution in [-0.2, 0) is 11.3 Å². The highest BCUT2D eigenvalue weighted by molar-refractivity contribution is 7.99. The van der Waals surface area contributed by atoms with Gasteiger partial charge in [0.25, 0.3) is 0 Å². The number of carbonyl (C=O) groups excluding carboxylic acids is 1. The molecule has 0 aliphatic rings. The molecule has 0 spiro atoms. The summed E-state index contributed by atoms with van der Waals surface area (Å²) in [4.78, 5) is 12.4. The third-order valence-electron chi connectivity index (χ3n) is 4.46. The zero-order valence-corrected chi connectivity index (χ0v) is 17.5. The minimum absolute atomic E-state index is 0.0608. The predicted octanol–water partition coefficient (Wildman–Crippen LogP) is 5.11. The number of furan rings is 1. The van der Waals surface area contributed by atoms with Crippen LogP contribution in [0.5, 0.6) is 0 Å². The van der Waals surface area contributed by atoms with Crippen LogP contribution in [-0.4, -0.2) is 26.4 Å². The second-order valence-electron chi connectivity index (χ2n) is 6.96. The van der Waals surface area contributed by atoms with E-state index in [0.717, 1.165) is 41.0 Å². The summed E-state index contributed by atoms with van der Waals surface area (Å²) in [5.41, 5.74) is 2.99. The number of nitrogens with zero attached hydrogens (tertiary/aromatic N) is 3. The van der Waals surface area contributed by atoms with Gasteiger partial charge in [0.15, 0.2) is 11.0 Å². The summed E-state index contributed by atoms with van der Waals surface area (Å²) in [5, 5.41) is 12.3. The molecular weight excluding hydrogens is 372 g/mol. The number of nitrogens with one attached hydrogen (secondary N) is 1. The molecule has 0 radical (unpaired) electrons. The Bertz CT molecular complexity index is 928. The number of anilines is 1. The van der Waals surface area contributed by atoms with Crippen molar-refractivity contribution in [1.82, 2.24) is 14.8 Å². The fourth-order valence-electron chi connectivity index (χ4n) is 2.92. The molecule has 1 aromatic carbocycles. The van der Waals surface area contributed by atoms with Crippen molar-refractivity contribution in [3.8, 4) is 11.4 Å². The maximum absolute atomic E-state index is 12.4. The van der Waals surface area contributed by atoms with Crippen molar-refractivity contribution in [2.24, 2.45) is 0 Å². The Morgan fingerprint density at radius 1 is 1.21 bits per heavy atom. The molecule has 1 N–H and O–H groups in total. The monoisotopic (exact) mass is 398 g/mol. The number of thioether (sulfide) groups is 1. The van der Waals surface area contributed by atoms with Gasteiger partial charge in [-0.1, -0.05) is 44.7 Å². The first-order valence-corrected chi connectivity index (χ1v) is 10.5. The summed E-state index contributed by atoms with van der Waals surface area (Å²) < 4.78 is 7.45. The molecule has 0 fully saturated rings. The number of carbonyl (C=O) groups is 1. The highest BCUT2D eigenvalue weighted by Gasteiger charge is 2.18. The molecule has 3 rings (SSSR count). The first-order chi connectivity index (χ1) is 13.5. The van der Waals surface area contributed by atoms with E-state index in [1.807, 2.05) is 41.8 Å². The van der Waals surface area contributed by atoms with Gasteiger partial charge in [-0.15, -0.1) is 10.2 Å². The Hall–Kier alpha value is -2.54. The lowest BCUT2D eigenvalue weighted by Crippen LogP contribution is -2.14. The summed E-state index contributed by atoms with van der Waals surface area (Å²) in [6.07, 6.45) is 2.60. The molecule has 7 heteroatoms. The van der Waals surface area contributed by atoms with Crippen molar-refractivity contribution < 1.29 is 9.21 Å². The minimum atomic E-state index is -0.0608. The van der Waals surface area contributed by atoms with Crippen LogP contribution >= 0.6 is 11.8 Å². The van der Waals surface area contributed by atoms with Gasteiger partial charge in [0.2, 0.25) is 5.91 Å². The lowest BCUT2D eigenvalue weighted by molar-refractivity contribution is -0.113. The van der Waals surface area contributed by atoms with Crippen molar-refractivity contribution in [2.45, 2.75) is 51.7 Å². The van der Waals surface area contributed by atoms with E-state index in [9.17, 15) is 4.79 Å². The molecule has 0 bridgehead atoms. The van der Waals surface area contributed by atoms with Gasteiger partial charge in [-0.2, -0.15) is 0 Å². The van der Waals surface area contributed by atoms with Crippen molar-refractivity contribution in [2.75, 3.05) is 11.1 Å². The number of amides is 1. The maximum Gasteiger partial charge on any atom is 0.234 e. The van der Waals surface area contributed by atoms with Crippen molar-refractivity contribution in [1.29, 1.82) is 0 Å². The van der Waals surface area contributed by atoms with E-state index in [0.29, 0.717) is 5.92 Å². The van der Waals surface area contributed by atoms with Crippen molar-refractivity contribution in [3.05, 3.63) is 47.9 Å². The fraction of sp³-hybridized carbons (Fsp3) is 0.381. The molecule has 28 heavy (non-hydrogen) atoms. The number of hydrogen-bond acceptors (Lipinski definition) is 5. The number of hydrogen-bond donors (Lipinski definition) is 1. The number of rotatable bonds is 8. The molecule has 2 heterocycles. The standard InChI is InChI=1S/C21H26N4O2S/c1-5-11-25-20(18-10-12-27-15(18)4)23-24-21(25)28-13-19(26)22-17-8-6-16(7-9-17)14(2)3/h6-10,12,14H,5,11,13H2,1-4H3,(H,22,26). The normalized spacial score (nSPS) is 11.2. The van der Waals surface area contributed by atoms with E-state index in [1.165, 1.54) is 17.3 Å². The first-order valence-electron chi connectivity index (χ1n) is 9.49. The molecule has 2 aromatic heterocycles. The lowest BCUT2D eigenvalue weighted by atomic mass is 10.0. The molecule has 3 aromatic rings. The van der Waals surface area contributed by atoms with Crippen molar-refractivity contribution in [3.63, 3.8) is 0 Å². The van der Waals surface area contributed by atoms with Crippen LogP contribution in [0, 0.1) is 6.92 Å². The molecule has 1 amide bonds. The van der Waals surface area contributed by atoms with Crippen molar-refractivity contribution >= 4 is 23.4 Å². The second kappa shape index (κ2) is 9.10. The smallest absolute Gasteiger partial charge is 0.234 e. The van der Waals surface area contributed by atoms with Gasteiger partial charge in [-0.25, -0.2) is 0 Å². The molecule has 0 saturated carbocycles. The maximum atomic E-state index is 12.4. The summed E-state index contributed by atoms with van der Waals surface area (Å²) >= 11 is 1.39. The molecular formula is C21H26N4O2S. The predicted molar refractivity (Wildman–Crippen MR) is 113 cm³/mol. The van der Waals surface area contributed by atoms with Gasteiger partial charge in [0.05, 0.1) is 17.6 Å². The van der Waals surface area contributed by atoms with Crippen LogP contribution < -0.4 is 5.32 Å². The topological polar surface area (TPSA) is 73.0 Å². The van der Waals surface area contributed by atoms with Crippen LogP contribution in [0.15, 0.2) is 46.2 Å². The molecule has 6 nitrogen and oxygen atoms in total. The van der Waals surface area contributed by atoms with Gasteiger partial charge < -0.3 is 14.3 Å². The van der Waals surface area contributed by atoms with Crippen LogP contribution in [0.4, 0.5) is 5.69 Å². The quantitative estimate of drug-likeness (QED) is 0.534. The third-order valence-corrected chi connectivity index (χ3v) is 5.42. The Balaban J connectivity index is 1.66. The largest absolute Gasteiger partial charge is 0.469 e. The fourth-order valence-corrected chi connectivity index (χ4v) is 3.68. The van der Waals surface area contributed by atoms with Crippen LogP contribution in [0.25, 0.3) is 11.4 Å². The van der Waals surface area contributed by atoms with E-state index in [2.05, 4.69) is 36.3 Å². The molecule has 0 unspecified atom stereocenters. The molecule has 0 saturated heterocycles. The van der Waals surface area contributed by atoms with Crippen LogP contribution in [0.1, 0.15) is 44.4 Å². The average Bonchev–Trinajstić information content (AvgIpc) is 3.26. The highest BCUT2D eigenvalue weighted by Crippen LogP contribution is 2.27. The van der Waals surface area contributed by atoms with Gasteiger partial charge in [-0.05, 0) is 43.0 Å². The zero-order chi connectivity index (χ0) is 20.1. The Morgan fingerprint density at radius 2 is 1.96 bits per heavy atom. The third kappa shape index (κ3) is 4.65. The van der Waals surface area contributed by atoms with Gasteiger partial charge in [-0.3, -0.25) is 4.79 Å². The van der Waals surface area contributed by atoms with E-state index in [-0.39, 0.29) is 11.7 Å². The van der Waals surface area contributed by atoms with E-state index in [4.69, 9.17) is 4.42 Å². The van der Waals surface area contributed by atoms with Crippen LogP contribution in [0.3, 0.4) is 0 Å².